The zero-order chi connectivity index (χ0) is 14.5. The number of aromatic nitrogens is 2. The van der Waals surface area contributed by atoms with Crippen molar-refractivity contribution in [2.45, 2.75) is 6.54 Å². The minimum Gasteiger partial charge on any atom is -0.381 e. The van der Waals surface area contributed by atoms with Crippen LogP contribution in [-0.4, -0.2) is 37.5 Å². The van der Waals surface area contributed by atoms with Crippen LogP contribution in [0.2, 0.25) is 0 Å². The minimum atomic E-state index is -3.22. The lowest BCUT2D eigenvalue weighted by Gasteiger charge is -2.09. The number of hydrogen-bond acceptors (Lipinski definition) is 5. The summed E-state index contributed by atoms with van der Waals surface area (Å²) in [5.74, 6) is 2.32. The van der Waals surface area contributed by atoms with Crippen molar-refractivity contribution in [1.82, 2.24) is 14.5 Å². The first-order chi connectivity index (χ1) is 8.85. The summed E-state index contributed by atoms with van der Waals surface area (Å²) in [5.41, 5.74) is 0.132. The Hall–Kier alpha value is -1.37. The number of terminal acetylenes is 1. The van der Waals surface area contributed by atoms with Gasteiger partial charge in [0.2, 0.25) is 10.0 Å². The monoisotopic (exact) mass is 348 g/mol. The van der Waals surface area contributed by atoms with Gasteiger partial charge in [0.25, 0.3) is 5.56 Å². The number of rotatable bonds is 6. The third-order valence-electron chi connectivity index (χ3n) is 2.03. The molecule has 0 fully saturated rings. The molecule has 0 radical (unpaired) electrons. The first-order valence-electron chi connectivity index (χ1n) is 5.22. The van der Waals surface area contributed by atoms with E-state index in [1.165, 1.54) is 6.20 Å². The normalized spacial score (nSPS) is 11.0. The van der Waals surface area contributed by atoms with Crippen molar-refractivity contribution >= 4 is 31.6 Å². The number of halogens is 1. The highest BCUT2D eigenvalue weighted by Gasteiger charge is 2.08. The Balaban J connectivity index is 2.68. The molecular weight excluding hydrogens is 336 g/mol. The van der Waals surface area contributed by atoms with Gasteiger partial charge < -0.3 is 5.32 Å². The number of nitrogens with zero attached hydrogens (tertiary/aromatic N) is 2. The second-order valence-electron chi connectivity index (χ2n) is 3.63. The summed E-state index contributed by atoms with van der Waals surface area (Å²) < 4.78 is 25.5. The summed E-state index contributed by atoms with van der Waals surface area (Å²) in [4.78, 5) is 11.8. The summed E-state index contributed by atoms with van der Waals surface area (Å²) in [5, 5.41) is 6.78. The van der Waals surface area contributed by atoms with Crippen molar-refractivity contribution in [3.63, 3.8) is 0 Å². The maximum Gasteiger partial charge on any atom is 0.284 e. The second kappa shape index (κ2) is 6.70. The molecule has 2 N–H and O–H groups in total. The van der Waals surface area contributed by atoms with Crippen LogP contribution >= 0.6 is 15.9 Å². The highest BCUT2D eigenvalue weighted by Crippen LogP contribution is 2.15. The van der Waals surface area contributed by atoms with Crippen LogP contribution in [0, 0.1) is 12.3 Å². The van der Waals surface area contributed by atoms with Crippen molar-refractivity contribution < 1.29 is 8.42 Å². The van der Waals surface area contributed by atoms with Gasteiger partial charge in [-0.15, -0.1) is 6.42 Å². The Morgan fingerprint density at radius 3 is 2.79 bits per heavy atom. The van der Waals surface area contributed by atoms with Crippen LogP contribution < -0.4 is 15.6 Å². The van der Waals surface area contributed by atoms with Crippen LogP contribution in [0.5, 0.6) is 0 Å². The molecule has 0 aliphatic rings. The summed E-state index contributed by atoms with van der Waals surface area (Å²) in [7, 11) is -3.22. The zero-order valence-corrected chi connectivity index (χ0v) is 12.6. The predicted molar refractivity (Wildman–Crippen MR) is 76.4 cm³/mol. The Bertz CT molecular complexity index is 648. The quantitative estimate of drug-likeness (QED) is 0.539. The number of sulfonamides is 1. The van der Waals surface area contributed by atoms with Crippen molar-refractivity contribution in [3.05, 3.63) is 21.0 Å². The van der Waals surface area contributed by atoms with E-state index in [-0.39, 0.29) is 18.6 Å². The van der Waals surface area contributed by atoms with E-state index >= 15 is 0 Å². The molecule has 0 atom stereocenters. The Kier molecular flexibility index (Phi) is 5.53. The fourth-order valence-corrected chi connectivity index (χ4v) is 2.14. The lowest BCUT2D eigenvalue weighted by molar-refractivity contribution is 0.589. The topological polar surface area (TPSA) is 93.1 Å². The van der Waals surface area contributed by atoms with E-state index in [0.717, 1.165) is 10.9 Å². The van der Waals surface area contributed by atoms with Gasteiger partial charge in [-0.25, -0.2) is 17.8 Å². The van der Waals surface area contributed by atoms with E-state index in [0.29, 0.717) is 16.7 Å². The van der Waals surface area contributed by atoms with Crippen molar-refractivity contribution in [1.29, 1.82) is 0 Å². The van der Waals surface area contributed by atoms with E-state index in [1.807, 2.05) is 0 Å². The molecule has 0 saturated carbocycles. The van der Waals surface area contributed by atoms with Crippen molar-refractivity contribution in [2.24, 2.45) is 0 Å². The molecule has 0 bridgehead atoms. The molecule has 104 valence electrons. The molecule has 0 aliphatic heterocycles. The molecular formula is C10H13BrN4O3S. The third-order valence-corrected chi connectivity index (χ3v) is 3.53. The molecule has 0 aromatic carbocycles. The van der Waals surface area contributed by atoms with E-state index < -0.39 is 10.0 Å². The van der Waals surface area contributed by atoms with Gasteiger partial charge in [-0.05, 0) is 15.9 Å². The molecule has 1 aromatic heterocycles. The van der Waals surface area contributed by atoms with Crippen molar-refractivity contribution in [2.75, 3.05) is 24.7 Å². The van der Waals surface area contributed by atoms with Gasteiger partial charge in [-0.2, -0.15) is 5.10 Å². The first-order valence-corrected chi connectivity index (χ1v) is 7.91. The molecule has 0 unspecified atom stereocenters. The fourth-order valence-electron chi connectivity index (χ4n) is 1.22. The minimum absolute atomic E-state index is 0.0906. The first kappa shape index (κ1) is 15.7. The smallest absolute Gasteiger partial charge is 0.284 e. The van der Waals surface area contributed by atoms with E-state index in [4.69, 9.17) is 6.42 Å². The summed E-state index contributed by atoms with van der Waals surface area (Å²) in [6, 6.07) is 0. The van der Waals surface area contributed by atoms with Gasteiger partial charge in [0.05, 0.1) is 18.1 Å². The van der Waals surface area contributed by atoms with Crippen LogP contribution in [-0.2, 0) is 16.6 Å². The molecule has 9 heteroatoms. The average molecular weight is 349 g/mol. The summed E-state index contributed by atoms with van der Waals surface area (Å²) >= 11 is 3.15. The number of nitrogens with one attached hydrogen (secondary N) is 2. The van der Waals surface area contributed by atoms with Crippen LogP contribution in [0.3, 0.4) is 0 Å². The SMILES string of the molecule is C#CCn1ncc(NCCNS(C)(=O)=O)c(Br)c1=O. The van der Waals surface area contributed by atoms with Gasteiger partial charge >= 0.3 is 0 Å². The van der Waals surface area contributed by atoms with Gasteiger partial charge in [0.1, 0.15) is 11.0 Å². The van der Waals surface area contributed by atoms with E-state index in [1.54, 1.807) is 0 Å². The molecule has 7 nitrogen and oxygen atoms in total. The van der Waals surface area contributed by atoms with Crippen LogP contribution in [0.4, 0.5) is 5.69 Å². The third kappa shape index (κ3) is 5.02. The Morgan fingerprint density at radius 1 is 1.53 bits per heavy atom. The van der Waals surface area contributed by atoms with Gasteiger partial charge in [-0.3, -0.25) is 4.79 Å². The predicted octanol–water partition coefficient (Wildman–Crippen LogP) is -0.400. The molecule has 0 aliphatic carbocycles. The number of hydrogen-bond donors (Lipinski definition) is 2. The average Bonchev–Trinajstić information content (AvgIpc) is 2.32. The zero-order valence-electron chi connectivity index (χ0n) is 10.2. The van der Waals surface area contributed by atoms with E-state index in [2.05, 4.69) is 37.0 Å². The van der Waals surface area contributed by atoms with Gasteiger partial charge in [-0.1, -0.05) is 5.92 Å². The van der Waals surface area contributed by atoms with E-state index in [9.17, 15) is 13.2 Å². The maximum atomic E-state index is 11.8. The molecule has 1 heterocycles. The molecule has 0 amide bonds. The van der Waals surface area contributed by atoms with Gasteiger partial charge in [0.15, 0.2) is 0 Å². The van der Waals surface area contributed by atoms with Crippen LogP contribution in [0.15, 0.2) is 15.5 Å². The van der Waals surface area contributed by atoms with Gasteiger partial charge in [0, 0.05) is 13.1 Å². The Labute approximate surface area is 119 Å². The highest BCUT2D eigenvalue weighted by atomic mass is 79.9. The molecule has 19 heavy (non-hydrogen) atoms. The number of anilines is 1. The lowest BCUT2D eigenvalue weighted by atomic mass is 10.4. The summed E-state index contributed by atoms with van der Waals surface area (Å²) in [6.45, 7) is 0.623. The molecule has 0 saturated heterocycles. The fraction of sp³-hybridized carbons (Fsp3) is 0.400. The van der Waals surface area contributed by atoms with Crippen LogP contribution in [0.25, 0.3) is 0 Å². The lowest BCUT2D eigenvalue weighted by Crippen LogP contribution is -2.29. The molecule has 1 aromatic rings. The standard InChI is InChI=1S/C10H13BrN4O3S/c1-3-6-15-10(16)9(11)8(7-13-15)12-4-5-14-19(2,17)18/h1,7,12,14H,4-6H2,2H3. The maximum absolute atomic E-state index is 11.8. The van der Waals surface area contributed by atoms with Crippen molar-refractivity contribution in [3.8, 4) is 12.3 Å². The summed E-state index contributed by atoms with van der Waals surface area (Å²) in [6.07, 6.45) is 7.63. The highest BCUT2D eigenvalue weighted by molar-refractivity contribution is 9.10. The second-order valence-corrected chi connectivity index (χ2v) is 6.26. The molecule has 1 rings (SSSR count). The Morgan fingerprint density at radius 2 is 2.21 bits per heavy atom. The molecule has 0 spiro atoms. The van der Waals surface area contributed by atoms with Crippen LogP contribution in [0.1, 0.15) is 0 Å². The largest absolute Gasteiger partial charge is 0.381 e.